The average molecular weight is 687 g/mol. The minimum absolute atomic E-state index is 0.821. The third kappa shape index (κ3) is 4.02. The highest BCUT2D eigenvalue weighted by Gasteiger charge is 2.22. The van der Waals surface area contributed by atoms with Gasteiger partial charge in [-0.2, -0.15) is 0 Å². The smallest absolute Gasteiger partial charge is 0.221 e. The summed E-state index contributed by atoms with van der Waals surface area (Å²) >= 11 is 0. The summed E-state index contributed by atoms with van der Waals surface area (Å²) in [5.41, 5.74) is 10.9. The summed E-state index contributed by atoms with van der Waals surface area (Å²) in [6.45, 7) is 0. The maximum atomic E-state index is 5.43. The Bertz CT molecular complexity index is 3450. The molecule has 3 heterocycles. The Hall–Kier alpha value is -7.30. The summed E-state index contributed by atoms with van der Waals surface area (Å²) in [6.07, 6.45) is 0. The molecule has 0 amide bonds. The first-order chi connectivity index (χ1) is 26.8. The molecule has 12 rings (SSSR count). The van der Waals surface area contributed by atoms with E-state index in [2.05, 4.69) is 191 Å². The van der Waals surface area contributed by atoms with E-state index in [0.29, 0.717) is 0 Å². The Kier molecular flexibility index (Phi) is 6.02. The molecule has 54 heavy (non-hydrogen) atoms. The lowest BCUT2D eigenvalue weighted by atomic mass is 9.84. The molecule has 0 saturated carbocycles. The maximum absolute atomic E-state index is 5.43. The van der Waals surface area contributed by atoms with E-state index in [1.165, 1.54) is 59.8 Å². The molecular weight excluding hydrogens is 657 g/mol. The Morgan fingerprint density at radius 3 is 1.67 bits per heavy atom. The van der Waals surface area contributed by atoms with Crippen molar-refractivity contribution in [2.24, 2.45) is 0 Å². The van der Waals surface area contributed by atoms with Crippen molar-refractivity contribution in [1.29, 1.82) is 0 Å². The van der Waals surface area contributed by atoms with Crippen molar-refractivity contribution in [2.75, 3.05) is 0 Å². The Labute approximate surface area is 309 Å². The van der Waals surface area contributed by atoms with Gasteiger partial charge in [0.2, 0.25) is 5.95 Å². The third-order valence-electron chi connectivity index (χ3n) is 11.3. The van der Waals surface area contributed by atoms with Crippen LogP contribution in [-0.2, 0) is 0 Å². The topological polar surface area (TPSA) is 35.1 Å². The van der Waals surface area contributed by atoms with Crippen LogP contribution in [0.5, 0.6) is 0 Å². The highest BCUT2D eigenvalue weighted by atomic mass is 15.2. The fraction of sp³-hybridized carbons (Fsp3) is 0. The van der Waals surface area contributed by atoms with E-state index in [0.717, 1.165) is 50.1 Å². The zero-order valence-electron chi connectivity index (χ0n) is 29.1. The molecule has 4 nitrogen and oxygen atoms in total. The van der Waals surface area contributed by atoms with Gasteiger partial charge in [-0.25, -0.2) is 9.97 Å². The van der Waals surface area contributed by atoms with Gasteiger partial charge < -0.3 is 0 Å². The molecule has 0 aliphatic carbocycles. The predicted octanol–water partition coefficient (Wildman–Crippen LogP) is 12.9. The molecule has 0 saturated heterocycles. The van der Waals surface area contributed by atoms with E-state index in [1.807, 2.05) is 0 Å². The lowest BCUT2D eigenvalue weighted by Crippen LogP contribution is -2.06. The average Bonchev–Trinajstić information content (AvgIpc) is 3.79. The van der Waals surface area contributed by atoms with Crippen LogP contribution in [0.4, 0.5) is 0 Å². The normalized spacial score (nSPS) is 12.1. The third-order valence-corrected chi connectivity index (χ3v) is 11.3. The van der Waals surface area contributed by atoms with Crippen LogP contribution in [0.2, 0.25) is 0 Å². The van der Waals surface area contributed by atoms with Crippen LogP contribution in [0.1, 0.15) is 0 Å². The molecule has 0 bridgehead atoms. The van der Waals surface area contributed by atoms with Gasteiger partial charge in [0, 0.05) is 16.2 Å². The molecule has 0 unspecified atom stereocenters. The van der Waals surface area contributed by atoms with Gasteiger partial charge in [-0.15, -0.1) is 0 Å². The first kappa shape index (κ1) is 29.3. The molecule has 0 radical (unpaired) electrons. The monoisotopic (exact) mass is 686 g/mol. The minimum Gasteiger partial charge on any atom is -0.279 e. The molecule has 0 spiro atoms. The van der Waals surface area contributed by atoms with E-state index < -0.39 is 0 Å². The molecule has 0 fully saturated rings. The van der Waals surface area contributed by atoms with Gasteiger partial charge in [0.1, 0.15) is 5.65 Å². The number of fused-ring (bicyclic) bond motifs is 11. The summed E-state index contributed by atoms with van der Waals surface area (Å²) in [6, 6.07) is 65.6. The van der Waals surface area contributed by atoms with Crippen LogP contribution in [0.3, 0.4) is 0 Å². The summed E-state index contributed by atoms with van der Waals surface area (Å²) in [5.74, 6) is 0.821. The minimum atomic E-state index is 0.821. The zero-order chi connectivity index (χ0) is 35.3. The highest BCUT2D eigenvalue weighted by molar-refractivity contribution is 6.24. The first-order valence-corrected chi connectivity index (χ1v) is 18.4. The molecule has 9 aromatic carbocycles. The summed E-state index contributed by atoms with van der Waals surface area (Å²) in [5, 5.41) is 10.8. The van der Waals surface area contributed by atoms with Crippen LogP contribution in [-0.4, -0.2) is 18.9 Å². The van der Waals surface area contributed by atoms with Crippen molar-refractivity contribution in [3.63, 3.8) is 0 Å². The number of imidazole rings is 1. The summed E-state index contributed by atoms with van der Waals surface area (Å²) in [4.78, 5) is 10.6. The predicted molar refractivity (Wildman–Crippen MR) is 226 cm³/mol. The fourth-order valence-electron chi connectivity index (χ4n) is 8.99. The number of aromatic nitrogens is 4. The Morgan fingerprint density at radius 1 is 0.352 bits per heavy atom. The van der Waals surface area contributed by atoms with Crippen molar-refractivity contribution < 1.29 is 0 Å². The molecule has 0 N–H and O–H groups in total. The first-order valence-electron chi connectivity index (χ1n) is 18.4. The second kappa shape index (κ2) is 11.1. The van der Waals surface area contributed by atoms with E-state index >= 15 is 0 Å². The van der Waals surface area contributed by atoms with E-state index in [9.17, 15) is 0 Å². The molecule has 0 atom stereocenters. The standard InChI is InChI=1S/C50H30N4/c1-2-16-33-31(14-1)15-13-23-36(33)48-39-20-5-3-18-37(39)47(38-19-4-6-21-40(38)48)32-28-29-35-34-17-8-11-26-44(34)53(46(35)30-32)50-52-42-24-9-7-22-41(42)49-51-43-25-10-12-27-45(43)54(49)50/h1-30H. The van der Waals surface area contributed by atoms with Gasteiger partial charge in [0.25, 0.3) is 0 Å². The van der Waals surface area contributed by atoms with E-state index in [-0.39, 0.29) is 0 Å². The Balaban J connectivity index is 1.21. The largest absolute Gasteiger partial charge is 0.279 e. The Morgan fingerprint density at radius 2 is 0.907 bits per heavy atom. The quantitative estimate of drug-likeness (QED) is 0.173. The molecule has 3 aromatic heterocycles. The molecule has 0 aliphatic heterocycles. The second-order valence-electron chi connectivity index (χ2n) is 14.1. The zero-order valence-corrected chi connectivity index (χ0v) is 29.1. The number of para-hydroxylation sites is 4. The number of hydrogen-bond acceptors (Lipinski definition) is 2. The number of rotatable bonds is 3. The summed E-state index contributed by atoms with van der Waals surface area (Å²) in [7, 11) is 0. The van der Waals surface area contributed by atoms with E-state index in [1.54, 1.807) is 0 Å². The van der Waals surface area contributed by atoms with Gasteiger partial charge in [0.15, 0.2) is 0 Å². The van der Waals surface area contributed by atoms with Crippen LogP contribution >= 0.6 is 0 Å². The van der Waals surface area contributed by atoms with Crippen LogP contribution in [0.15, 0.2) is 182 Å². The lowest BCUT2D eigenvalue weighted by Gasteiger charge is -2.19. The number of hydrogen-bond donors (Lipinski definition) is 0. The van der Waals surface area contributed by atoms with Crippen molar-refractivity contribution in [3.8, 4) is 28.2 Å². The van der Waals surface area contributed by atoms with Gasteiger partial charge in [-0.1, -0.05) is 146 Å². The molecule has 250 valence electrons. The lowest BCUT2D eigenvalue weighted by molar-refractivity contribution is 0.979. The number of nitrogens with zero attached hydrogens (tertiary/aromatic N) is 4. The van der Waals surface area contributed by atoms with E-state index in [4.69, 9.17) is 9.97 Å². The summed E-state index contributed by atoms with van der Waals surface area (Å²) < 4.78 is 4.58. The highest BCUT2D eigenvalue weighted by Crippen LogP contribution is 2.46. The van der Waals surface area contributed by atoms with Gasteiger partial charge >= 0.3 is 0 Å². The van der Waals surface area contributed by atoms with Gasteiger partial charge in [-0.05, 0) is 91.0 Å². The second-order valence-corrected chi connectivity index (χ2v) is 14.1. The van der Waals surface area contributed by atoms with Gasteiger partial charge in [-0.3, -0.25) is 8.97 Å². The van der Waals surface area contributed by atoms with Crippen LogP contribution in [0.25, 0.3) is 110 Å². The van der Waals surface area contributed by atoms with Gasteiger partial charge in [0.05, 0.1) is 27.6 Å². The van der Waals surface area contributed by atoms with Crippen molar-refractivity contribution >= 4 is 81.7 Å². The van der Waals surface area contributed by atoms with Crippen LogP contribution < -0.4 is 0 Å². The van der Waals surface area contributed by atoms with Crippen molar-refractivity contribution in [1.82, 2.24) is 18.9 Å². The maximum Gasteiger partial charge on any atom is 0.221 e. The molecule has 12 aromatic rings. The SMILES string of the molecule is c1ccc2c(-c3c4ccccc4c(-c4ccc5c6ccccc6n(-c6nc7ccccc7c7nc8ccccc8n67)c5c4)c4ccccc34)cccc2c1. The van der Waals surface area contributed by atoms with Crippen LogP contribution in [0, 0.1) is 0 Å². The van der Waals surface area contributed by atoms with Crippen molar-refractivity contribution in [2.45, 2.75) is 0 Å². The number of benzene rings is 9. The fourth-order valence-corrected chi connectivity index (χ4v) is 8.99. The molecule has 4 heteroatoms. The molecule has 0 aliphatic rings. The molecular formula is C50H30N4. The van der Waals surface area contributed by atoms with Crippen molar-refractivity contribution in [3.05, 3.63) is 182 Å².